The van der Waals surface area contributed by atoms with E-state index in [0.717, 1.165) is 12.3 Å². The molecule has 0 amide bonds. The summed E-state index contributed by atoms with van der Waals surface area (Å²) in [6.45, 7) is 0. The molecule has 0 fully saturated rings. The summed E-state index contributed by atoms with van der Waals surface area (Å²) in [5.74, 6) is -0.841. The molecule has 60 valence electrons. The third-order valence-corrected chi connectivity index (χ3v) is 1.12. The minimum atomic E-state index is -3.61. The van der Waals surface area contributed by atoms with Crippen molar-refractivity contribution in [3.8, 4) is 0 Å². The van der Waals surface area contributed by atoms with Gasteiger partial charge in [0.2, 0.25) is 0 Å². The first-order valence-corrected chi connectivity index (χ1v) is 3.00. The molecular formula is C5H3ClF2N2O. The van der Waals surface area contributed by atoms with Crippen molar-refractivity contribution >= 4 is 11.6 Å². The lowest BCUT2D eigenvalue weighted by Gasteiger charge is -2.03. The number of aromatic amines is 1. The second-order valence-corrected chi connectivity index (χ2v) is 2.26. The van der Waals surface area contributed by atoms with Gasteiger partial charge in [-0.3, -0.25) is 4.79 Å². The van der Waals surface area contributed by atoms with Crippen LogP contribution in [0.15, 0.2) is 17.1 Å². The summed E-state index contributed by atoms with van der Waals surface area (Å²) in [6.07, 6.45) is 0.963. The maximum atomic E-state index is 12.2. The van der Waals surface area contributed by atoms with Crippen molar-refractivity contribution in [2.45, 2.75) is 5.38 Å². The maximum absolute atomic E-state index is 12.2. The molecule has 1 N–H and O–H groups in total. The summed E-state index contributed by atoms with van der Waals surface area (Å²) in [7, 11) is 0. The van der Waals surface area contributed by atoms with Crippen LogP contribution in [0.25, 0.3) is 0 Å². The van der Waals surface area contributed by atoms with E-state index >= 15 is 0 Å². The number of rotatable bonds is 1. The van der Waals surface area contributed by atoms with Crippen LogP contribution in [0, 0.1) is 0 Å². The van der Waals surface area contributed by atoms with Crippen molar-refractivity contribution in [2.24, 2.45) is 0 Å². The highest BCUT2D eigenvalue weighted by atomic mass is 35.5. The van der Waals surface area contributed by atoms with E-state index in [-0.39, 0.29) is 0 Å². The molecule has 0 aliphatic heterocycles. The van der Waals surface area contributed by atoms with Crippen LogP contribution >= 0.6 is 11.6 Å². The Labute approximate surface area is 65.0 Å². The van der Waals surface area contributed by atoms with Gasteiger partial charge in [0, 0.05) is 12.3 Å². The zero-order valence-corrected chi connectivity index (χ0v) is 5.90. The summed E-state index contributed by atoms with van der Waals surface area (Å²) in [6, 6.07) is 1.02. The topological polar surface area (TPSA) is 45.8 Å². The van der Waals surface area contributed by atoms with E-state index in [2.05, 4.69) is 16.6 Å². The van der Waals surface area contributed by atoms with E-state index in [4.69, 9.17) is 0 Å². The van der Waals surface area contributed by atoms with E-state index in [9.17, 15) is 13.6 Å². The number of hydrogen-bond acceptors (Lipinski definition) is 2. The molecule has 1 aromatic rings. The Balaban J connectivity index is 3.16. The van der Waals surface area contributed by atoms with Crippen LogP contribution in [-0.2, 0) is 5.38 Å². The molecule has 1 rings (SSSR count). The smallest absolute Gasteiger partial charge is 0.304 e. The van der Waals surface area contributed by atoms with Crippen LogP contribution in [0.1, 0.15) is 5.82 Å². The first kappa shape index (κ1) is 8.13. The molecule has 11 heavy (non-hydrogen) atoms. The molecule has 0 aromatic carbocycles. The highest BCUT2D eigenvalue weighted by Gasteiger charge is 2.30. The van der Waals surface area contributed by atoms with Gasteiger partial charge in [0.15, 0.2) is 5.82 Å². The van der Waals surface area contributed by atoms with Crippen molar-refractivity contribution in [1.29, 1.82) is 0 Å². The first-order valence-electron chi connectivity index (χ1n) is 2.62. The van der Waals surface area contributed by atoms with Crippen LogP contribution in [-0.4, -0.2) is 9.97 Å². The zero-order valence-electron chi connectivity index (χ0n) is 5.14. The van der Waals surface area contributed by atoms with Gasteiger partial charge in [-0.05, 0) is 11.6 Å². The molecule has 1 heterocycles. The van der Waals surface area contributed by atoms with Gasteiger partial charge in [0.05, 0.1) is 0 Å². The van der Waals surface area contributed by atoms with Crippen LogP contribution in [0.4, 0.5) is 8.78 Å². The summed E-state index contributed by atoms with van der Waals surface area (Å²) >= 11 is 4.56. The average Bonchev–Trinajstić information content (AvgIpc) is 1.86. The number of halogens is 3. The van der Waals surface area contributed by atoms with Gasteiger partial charge >= 0.3 is 5.38 Å². The van der Waals surface area contributed by atoms with Gasteiger partial charge in [0.1, 0.15) is 0 Å². The second kappa shape index (κ2) is 2.58. The van der Waals surface area contributed by atoms with Crippen molar-refractivity contribution in [1.82, 2.24) is 9.97 Å². The molecule has 0 unspecified atom stereocenters. The third-order valence-electron chi connectivity index (χ3n) is 0.940. The van der Waals surface area contributed by atoms with Crippen LogP contribution in [0.5, 0.6) is 0 Å². The zero-order chi connectivity index (χ0) is 8.48. The van der Waals surface area contributed by atoms with Crippen LogP contribution < -0.4 is 5.56 Å². The summed E-state index contributed by atoms with van der Waals surface area (Å²) < 4.78 is 24.3. The van der Waals surface area contributed by atoms with Gasteiger partial charge < -0.3 is 4.98 Å². The predicted molar refractivity (Wildman–Crippen MR) is 34.6 cm³/mol. The molecule has 1 aromatic heterocycles. The molecule has 3 nitrogen and oxygen atoms in total. The monoisotopic (exact) mass is 180 g/mol. The number of nitrogens with zero attached hydrogens (tertiary/aromatic N) is 1. The number of nitrogens with one attached hydrogen (secondary N) is 1. The summed E-state index contributed by atoms with van der Waals surface area (Å²) in [5, 5.41) is -3.61. The molecule has 0 radical (unpaired) electrons. The van der Waals surface area contributed by atoms with Gasteiger partial charge in [-0.15, -0.1) is 0 Å². The minimum Gasteiger partial charge on any atom is -0.304 e. The molecule has 0 aliphatic carbocycles. The molecule has 0 saturated carbocycles. The Morgan fingerprint density at radius 1 is 1.64 bits per heavy atom. The Morgan fingerprint density at radius 3 is 2.64 bits per heavy atom. The first-order chi connectivity index (χ1) is 5.00. The molecular weight excluding hydrogens is 178 g/mol. The Hall–Kier alpha value is -0.970. The lowest BCUT2D eigenvalue weighted by atomic mass is 10.5. The summed E-state index contributed by atoms with van der Waals surface area (Å²) in [4.78, 5) is 15.4. The van der Waals surface area contributed by atoms with E-state index in [1.54, 1.807) is 4.98 Å². The highest BCUT2D eigenvalue weighted by Crippen LogP contribution is 2.27. The fraction of sp³-hybridized carbons (Fsp3) is 0.200. The Bertz CT molecular complexity index is 306. The van der Waals surface area contributed by atoms with Crippen molar-refractivity contribution in [2.75, 3.05) is 0 Å². The fourth-order valence-corrected chi connectivity index (χ4v) is 0.610. The summed E-state index contributed by atoms with van der Waals surface area (Å²) in [5.41, 5.74) is -0.657. The molecule has 0 aliphatic rings. The van der Waals surface area contributed by atoms with Crippen molar-refractivity contribution in [3.63, 3.8) is 0 Å². The van der Waals surface area contributed by atoms with E-state index in [0.29, 0.717) is 0 Å². The van der Waals surface area contributed by atoms with Gasteiger partial charge in [-0.2, -0.15) is 8.78 Å². The van der Waals surface area contributed by atoms with Gasteiger partial charge in [-0.25, -0.2) is 4.98 Å². The average molecular weight is 181 g/mol. The van der Waals surface area contributed by atoms with Crippen molar-refractivity contribution < 1.29 is 8.78 Å². The minimum absolute atomic E-state index is 0.657. The number of aromatic nitrogens is 2. The van der Waals surface area contributed by atoms with Crippen molar-refractivity contribution in [3.05, 3.63) is 28.4 Å². The van der Waals surface area contributed by atoms with E-state index in [1.165, 1.54) is 0 Å². The van der Waals surface area contributed by atoms with Crippen LogP contribution in [0.3, 0.4) is 0 Å². The fourth-order valence-electron chi connectivity index (χ4n) is 0.514. The highest BCUT2D eigenvalue weighted by molar-refractivity contribution is 6.21. The molecule has 0 spiro atoms. The molecule has 0 atom stereocenters. The lowest BCUT2D eigenvalue weighted by Crippen LogP contribution is -2.16. The SMILES string of the molecule is O=c1ccnc(C(F)(F)Cl)[nH]1. The third kappa shape index (κ3) is 1.98. The predicted octanol–water partition coefficient (Wildman–Crippen LogP) is 1.06. The number of hydrogen-bond donors (Lipinski definition) is 1. The van der Waals surface area contributed by atoms with E-state index in [1.807, 2.05) is 0 Å². The number of H-pyrrole nitrogens is 1. The lowest BCUT2D eigenvalue weighted by molar-refractivity contribution is 0.0841. The normalized spacial score (nSPS) is 11.5. The van der Waals surface area contributed by atoms with E-state index < -0.39 is 16.8 Å². The molecule has 0 bridgehead atoms. The largest absolute Gasteiger partial charge is 0.379 e. The number of alkyl halides is 3. The second-order valence-electron chi connectivity index (χ2n) is 1.78. The standard InChI is InChI=1S/C5H3ClF2N2O/c6-5(7,8)4-9-2-1-3(11)10-4/h1-2H,(H,9,10,11). The quantitative estimate of drug-likeness (QED) is 0.657. The van der Waals surface area contributed by atoms with Crippen LogP contribution in [0.2, 0.25) is 0 Å². The Morgan fingerprint density at radius 2 is 2.27 bits per heavy atom. The Kier molecular flexibility index (Phi) is 1.90. The van der Waals surface area contributed by atoms with Gasteiger partial charge in [0.25, 0.3) is 5.56 Å². The maximum Gasteiger partial charge on any atom is 0.379 e. The van der Waals surface area contributed by atoms with Gasteiger partial charge in [-0.1, -0.05) is 0 Å². The molecule has 0 saturated heterocycles. The molecule has 6 heteroatoms.